The maximum Gasteiger partial charge on any atom is 0.253 e. The third-order valence-electron chi connectivity index (χ3n) is 6.15. The van der Waals surface area contributed by atoms with Gasteiger partial charge in [-0.2, -0.15) is 0 Å². The summed E-state index contributed by atoms with van der Waals surface area (Å²) in [7, 11) is 1.55. The Hall–Kier alpha value is -3.35. The highest BCUT2D eigenvalue weighted by Crippen LogP contribution is 2.23. The van der Waals surface area contributed by atoms with Crippen molar-refractivity contribution in [3.05, 3.63) is 65.2 Å². The van der Waals surface area contributed by atoms with Crippen LogP contribution in [0.4, 0.5) is 0 Å². The molecule has 0 aromatic heterocycles. The Balaban J connectivity index is 1.70. The van der Waals surface area contributed by atoms with Crippen LogP contribution in [0.5, 0.6) is 5.75 Å². The number of hydrogen-bond donors (Lipinski definition) is 2. The summed E-state index contributed by atoms with van der Waals surface area (Å²) in [5.74, 6) is 0.311. The van der Waals surface area contributed by atoms with Crippen LogP contribution in [0, 0.1) is 18.8 Å². The van der Waals surface area contributed by atoms with Crippen molar-refractivity contribution in [3.63, 3.8) is 0 Å². The molecular weight excluding hydrogens is 430 g/mol. The molecule has 0 radical (unpaired) electrons. The molecule has 1 saturated heterocycles. The van der Waals surface area contributed by atoms with Crippen LogP contribution in [0.2, 0.25) is 0 Å². The van der Waals surface area contributed by atoms with Gasteiger partial charge < -0.3 is 20.3 Å². The molecule has 34 heavy (non-hydrogen) atoms. The van der Waals surface area contributed by atoms with Crippen LogP contribution in [0.15, 0.2) is 48.5 Å². The van der Waals surface area contributed by atoms with E-state index in [-0.39, 0.29) is 23.6 Å². The molecule has 1 atom stereocenters. The number of carbonyl (C=O) groups excluding carboxylic acids is 3. The zero-order chi connectivity index (χ0) is 24.7. The van der Waals surface area contributed by atoms with E-state index in [0.717, 1.165) is 5.56 Å². The van der Waals surface area contributed by atoms with Crippen LogP contribution in [0.25, 0.3) is 0 Å². The molecule has 1 aliphatic heterocycles. The van der Waals surface area contributed by atoms with Crippen molar-refractivity contribution in [1.82, 2.24) is 15.5 Å². The van der Waals surface area contributed by atoms with E-state index in [9.17, 15) is 14.4 Å². The molecule has 0 aliphatic carbocycles. The Bertz CT molecular complexity index is 1010. The molecule has 1 heterocycles. The predicted octanol–water partition coefficient (Wildman–Crippen LogP) is 3.43. The minimum Gasteiger partial charge on any atom is -0.497 e. The van der Waals surface area contributed by atoms with Gasteiger partial charge in [0.1, 0.15) is 11.8 Å². The molecule has 0 spiro atoms. The normalized spacial score (nSPS) is 15.0. The molecule has 2 aromatic rings. The molecule has 0 saturated carbocycles. The van der Waals surface area contributed by atoms with Gasteiger partial charge in [0, 0.05) is 30.8 Å². The number of piperidine rings is 1. The van der Waals surface area contributed by atoms with E-state index in [2.05, 4.69) is 10.6 Å². The minimum absolute atomic E-state index is 0.00313. The molecule has 3 amide bonds. The van der Waals surface area contributed by atoms with Gasteiger partial charge in [-0.15, -0.1) is 0 Å². The molecule has 1 aliphatic rings. The number of rotatable bonds is 8. The highest BCUT2D eigenvalue weighted by molar-refractivity contribution is 5.98. The largest absolute Gasteiger partial charge is 0.497 e. The van der Waals surface area contributed by atoms with Gasteiger partial charge in [-0.25, -0.2) is 0 Å². The van der Waals surface area contributed by atoms with Gasteiger partial charge in [-0.3, -0.25) is 14.4 Å². The fourth-order valence-corrected chi connectivity index (χ4v) is 4.20. The Labute approximate surface area is 201 Å². The predicted molar refractivity (Wildman–Crippen MR) is 132 cm³/mol. The summed E-state index contributed by atoms with van der Waals surface area (Å²) in [6.07, 6.45) is 1.27. The number of nitrogens with one attached hydrogen (secondary N) is 2. The van der Waals surface area contributed by atoms with Crippen molar-refractivity contribution in [2.45, 2.75) is 39.7 Å². The smallest absolute Gasteiger partial charge is 0.253 e. The summed E-state index contributed by atoms with van der Waals surface area (Å²) in [5, 5.41) is 5.92. The second-order valence-electron chi connectivity index (χ2n) is 9.32. The number of carbonyl (C=O) groups is 3. The lowest BCUT2D eigenvalue weighted by atomic mass is 9.88. The van der Waals surface area contributed by atoms with E-state index in [1.807, 2.05) is 49.9 Å². The van der Waals surface area contributed by atoms with Gasteiger partial charge in [-0.05, 0) is 61.9 Å². The lowest BCUT2D eigenvalue weighted by Gasteiger charge is -2.36. The highest BCUT2D eigenvalue weighted by Gasteiger charge is 2.34. The van der Waals surface area contributed by atoms with Crippen LogP contribution in [-0.4, -0.2) is 55.4 Å². The Morgan fingerprint density at radius 2 is 1.71 bits per heavy atom. The van der Waals surface area contributed by atoms with Gasteiger partial charge in [0.2, 0.25) is 5.91 Å². The van der Waals surface area contributed by atoms with E-state index in [4.69, 9.17) is 4.74 Å². The first-order valence-electron chi connectivity index (χ1n) is 11.9. The van der Waals surface area contributed by atoms with E-state index < -0.39 is 6.04 Å². The molecular formula is C27H35N3O4. The highest BCUT2D eigenvalue weighted by atomic mass is 16.5. The number of methoxy groups -OCH3 is 1. The topological polar surface area (TPSA) is 87.7 Å². The third-order valence-corrected chi connectivity index (χ3v) is 6.15. The number of nitrogens with zero attached hydrogens (tertiary/aromatic N) is 1. The lowest BCUT2D eigenvalue weighted by molar-refractivity contribution is -0.124. The van der Waals surface area contributed by atoms with Crippen LogP contribution in [0.3, 0.4) is 0 Å². The van der Waals surface area contributed by atoms with Gasteiger partial charge in [-0.1, -0.05) is 37.6 Å². The van der Waals surface area contributed by atoms with Crippen molar-refractivity contribution >= 4 is 17.7 Å². The summed E-state index contributed by atoms with van der Waals surface area (Å²) in [6.45, 7) is 7.64. The fraction of sp³-hybridized carbons (Fsp3) is 0.444. The molecule has 1 unspecified atom stereocenters. The number of likely N-dealkylation sites (tertiary alicyclic amines) is 1. The van der Waals surface area contributed by atoms with Gasteiger partial charge in [0.05, 0.1) is 7.11 Å². The van der Waals surface area contributed by atoms with Gasteiger partial charge in [0.25, 0.3) is 11.8 Å². The first-order chi connectivity index (χ1) is 16.3. The van der Waals surface area contributed by atoms with Crippen LogP contribution >= 0.6 is 0 Å². The van der Waals surface area contributed by atoms with E-state index >= 15 is 0 Å². The van der Waals surface area contributed by atoms with Crippen molar-refractivity contribution in [2.24, 2.45) is 11.8 Å². The maximum absolute atomic E-state index is 13.1. The zero-order valence-corrected chi connectivity index (χ0v) is 20.5. The second kappa shape index (κ2) is 11.7. The molecule has 2 N–H and O–H groups in total. The monoisotopic (exact) mass is 465 g/mol. The number of amides is 3. The SMILES string of the molecule is COc1cccc(C(=O)NC(C(=O)NCC(C)C)C2CCN(C(=O)c3cccc(C)c3)CC2)c1. The Kier molecular flexibility index (Phi) is 8.68. The first-order valence-corrected chi connectivity index (χ1v) is 11.9. The maximum atomic E-state index is 13.1. The van der Waals surface area contributed by atoms with Crippen molar-refractivity contribution in [2.75, 3.05) is 26.7 Å². The number of ether oxygens (including phenoxy) is 1. The fourth-order valence-electron chi connectivity index (χ4n) is 4.20. The molecule has 1 fully saturated rings. The van der Waals surface area contributed by atoms with E-state index in [1.165, 1.54) is 0 Å². The third kappa shape index (κ3) is 6.59. The average Bonchev–Trinajstić information content (AvgIpc) is 2.85. The molecule has 3 rings (SSSR count). The number of hydrogen-bond acceptors (Lipinski definition) is 4. The second-order valence-corrected chi connectivity index (χ2v) is 9.32. The number of aryl methyl sites for hydroxylation is 1. The van der Waals surface area contributed by atoms with Crippen molar-refractivity contribution < 1.29 is 19.1 Å². The summed E-state index contributed by atoms with van der Waals surface area (Å²) >= 11 is 0. The average molecular weight is 466 g/mol. The van der Waals surface area contributed by atoms with E-state index in [1.54, 1.807) is 31.4 Å². The van der Waals surface area contributed by atoms with E-state index in [0.29, 0.717) is 55.3 Å². The minimum atomic E-state index is -0.673. The standard InChI is InChI=1S/C27H35N3O4/c1-18(2)17-28-26(32)24(29-25(31)21-8-6-10-23(16-21)34-4)20-11-13-30(14-12-20)27(33)22-9-5-7-19(3)15-22/h5-10,15-16,18,20,24H,11-14,17H2,1-4H3,(H,28,32)(H,29,31). The van der Waals surface area contributed by atoms with Gasteiger partial charge in [0.15, 0.2) is 0 Å². The Morgan fingerprint density at radius 3 is 2.35 bits per heavy atom. The molecule has 7 nitrogen and oxygen atoms in total. The lowest BCUT2D eigenvalue weighted by Crippen LogP contribution is -2.54. The summed E-state index contributed by atoms with van der Waals surface area (Å²) < 4.78 is 5.22. The first kappa shape index (κ1) is 25.3. The van der Waals surface area contributed by atoms with Crippen LogP contribution in [0.1, 0.15) is 53.0 Å². The summed E-state index contributed by atoms with van der Waals surface area (Å²) in [5.41, 5.74) is 2.16. The molecule has 0 bridgehead atoms. The van der Waals surface area contributed by atoms with Crippen LogP contribution < -0.4 is 15.4 Å². The van der Waals surface area contributed by atoms with Crippen molar-refractivity contribution in [1.29, 1.82) is 0 Å². The molecule has 182 valence electrons. The number of benzene rings is 2. The quantitative estimate of drug-likeness (QED) is 0.625. The van der Waals surface area contributed by atoms with Gasteiger partial charge >= 0.3 is 0 Å². The van der Waals surface area contributed by atoms with Crippen LogP contribution in [-0.2, 0) is 4.79 Å². The summed E-state index contributed by atoms with van der Waals surface area (Å²) in [4.78, 5) is 40.8. The Morgan fingerprint density at radius 1 is 1.03 bits per heavy atom. The van der Waals surface area contributed by atoms with Crippen molar-refractivity contribution in [3.8, 4) is 5.75 Å². The zero-order valence-electron chi connectivity index (χ0n) is 20.5. The molecule has 2 aromatic carbocycles. The summed E-state index contributed by atoms with van der Waals surface area (Å²) in [6, 6.07) is 13.8. The molecule has 7 heteroatoms.